The number of nitrogens with one attached hydrogen (secondary N) is 1. The van der Waals surface area contributed by atoms with E-state index in [0.29, 0.717) is 6.04 Å². The molecule has 16 heavy (non-hydrogen) atoms. The number of aromatic nitrogens is 1. The van der Waals surface area contributed by atoms with Crippen molar-refractivity contribution >= 4 is 0 Å². The van der Waals surface area contributed by atoms with E-state index < -0.39 is 0 Å². The SMILES string of the molecule is CCC(C)CC(C)NCc1ncccc1C. The zero-order valence-corrected chi connectivity index (χ0v) is 11.0. The first-order valence-corrected chi connectivity index (χ1v) is 6.27. The van der Waals surface area contributed by atoms with Crippen molar-refractivity contribution in [3.05, 3.63) is 29.6 Å². The molecule has 0 saturated heterocycles. The van der Waals surface area contributed by atoms with Gasteiger partial charge in [-0.15, -0.1) is 0 Å². The van der Waals surface area contributed by atoms with E-state index in [0.717, 1.165) is 12.5 Å². The van der Waals surface area contributed by atoms with Crippen molar-refractivity contribution in [2.45, 2.75) is 53.1 Å². The topological polar surface area (TPSA) is 24.9 Å². The van der Waals surface area contributed by atoms with E-state index in [4.69, 9.17) is 0 Å². The molecule has 2 nitrogen and oxygen atoms in total. The molecule has 0 aliphatic rings. The molecule has 0 saturated carbocycles. The Bertz CT molecular complexity index is 309. The molecular formula is C14H24N2. The minimum absolute atomic E-state index is 0.566. The second-order valence-electron chi connectivity index (χ2n) is 4.80. The van der Waals surface area contributed by atoms with Crippen LogP contribution in [0.5, 0.6) is 0 Å². The second kappa shape index (κ2) is 6.64. The fourth-order valence-electron chi connectivity index (χ4n) is 1.83. The molecule has 0 bridgehead atoms. The first kappa shape index (κ1) is 13.2. The summed E-state index contributed by atoms with van der Waals surface area (Å²) in [5.74, 6) is 0.798. The monoisotopic (exact) mass is 220 g/mol. The average molecular weight is 220 g/mol. The number of hydrogen-bond donors (Lipinski definition) is 1. The van der Waals surface area contributed by atoms with Gasteiger partial charge in [0.15, 0.2) is 0 Å². The molecule has 1 N–H and O–H groups in total. The van der Waals surface area contributed by atoms with Gasteiger partial charge in [-0.1, -0.05) is 26.3 Å². The van der Waals surface area contributed by atoms with Gasteiger partial charge in [0.2, 0.25) is 0 Å². The smallest absolute Gasteiger partial charge is 0.0570 e. The van der Waals surface area contributed by atoms with E-state index in [1.54, 1.807) is 0 Å². The van der Waals surface area contributed by atoms with E-state index in [-0.39, 0.29) is 0 Å². The maximum Gasteiger partial charge on any atom is 0.0570 e. The van der Waals surface area contributed by atoms with Crippen molar-refractivity contribution < 1.29 is 0 Å². The van der Waals surface area contributed by atoms with Crippen LogP contribution in [0.1, 0.15) is 44.9 Å². The van der Waals surface area contributed by atoms with Gasteiger partial charge in [0, 0.05) is 18.8 Å². The molecule has 90 valence electrons. The van der Waals surface area contributed by atoms with Crippen molar-refractivity contribution in [3.8, 4) is 0 Å². The van der Waals surface area contributed by atoms with Crippen LogP contribution in [0.4, 0.5) is 0 Å². The van der Waals surface area contributed by atoms with Crippen LogP contribution in [0.2, 0.25) is 0 Å². The fraction of sp³-hybridized carbons (Fsp3) is 0.643. The van der Waals surface area contributed by atoms with E-state index in [2.05, 4.69) is 44.1 Å². The van der Waals surface area contributed by atoms with E-state index in [9.17, 15) is 0 Å². The lowest BCUT2D eigenvalue weighted by Gasteiger charge is -2.17. The molecule has 1 rings (SSSR count). The summed E-state index contributed by atoms with van der Waals surface area (Å²) in [6.45, 7) is 9.81. The molecular weight excluding hydrogens is 196 g/mol. The Morgan fingerprint density at radius 1 is 1.38 bits per heavy atom. The summed E-state index contributed by atoms with van der Waals surface area (Å²) >= 11 is 0. The van der Waals surface area contributed by atoms with Crippen molar-refractivity contribution in [2.24, 2.45) is 5.92 Å². The van der Waals surface area contributed by atoms with Crippen LogP contribution in [0.15, 0.2) is 18.3 Å². The van der Waals surface area contributed by atoms with Gasteiger partial charge in [-0.3, -0.25) is 4.98 Å². The number of hydrogen-bond acceptors (Lipinski definition) is 2. The summed E-state index contributed by atoms with van der Waals surface area (Å²) in [4.78, 5) is 4.39. The molecule has 1 heterocycles. The molecule has 0 fully saturated rings. The third-order valence-electron chi connectivity index (χ3n) is 3.19. The van der Waals surface area contributed by atoms with Crippen LogP contribution in [-0.2, 0) is 6.54 Å². The lowest BCUT2D eigenvalue weighted by atomic mass is 10.0. The lowest BCUT2D eigenvalue weighted by Crippen LogP contribution is -2.27. The van der Waals surface area contributed by atoms with Crippen LogP contribution in [0.25, 0.3) is 0 Å². The molecule has 0 spiro atoms. The van der Waals surface area contributed by atoms with Gasteiger partial charge in [0.25, 0.3) is 0 Å². The Balaban J connectivity index is 2.37. The van der Waals surface area contributed by atoms with Gasteiger partial charge >= 0.3 is 0 Å². The molecule has 2 heteroatoms. The summed E-state index contributed by atoms with van der Waals surface area (Å²) in [6.07, 6.45) is 4.36. The quantitative estimate of drug-likeness (QED) is 0.795. The minimum atomic E-state index is 0.566. The first-order chi connectivity index (χ1) is 7.63. The highest BCUT2D eigenvalue weighted by Crippen LogP contribution is 2.10. The first-order valence-electron chi connectivity index (χ1n) is 6.27. The fourth-order valence-corrected chi connectivity index (χ4v) is 1.83. The number of aryl methyl sites for hydroxylation is 1. The molecule has 0 aliphatic heterocycles. The molecule has 0 aromatic carbocycles. The Kier molecular flexibility index (Phi) is 5.47. The van der Waals surface area contributed by atoms with Gasteiger partial charge in [-0.05, 0) is 37.8 Å². The zero-order valence-electron chi connectivity index (χ0n) is 11.0. The standard InChI is InChI=1S/C14H24N2/c1-5-11(2)9-13(4)16-10-14-12(3)7-6-8-15-14/h6-8,11,13,16H,5,9-10H2,1-4H3. The molecule has 2 unspecified atom stereocenters. The van der Waals surface area contributed by atoms with Gasteiger partial charge in [-0.25, -0.2) is 0 Å². The normalized spacial score (nSPS) is 14.8. The van der Waals surface area contributed by atoms with Gasteiger partial charge in [-0.2, -0.15) is 0 Å². The predicted molar refractivity (Wildman–Crippen MR) is 69.3 cm³/mol. The predicted octanol–water partition coefficient (Wildman–Crippen LogP) is 3.30. The minimum Gasteiger partial charge on any atom is -0.309 e. The summed E-state index contributed by atoms with van der Waals surface area (Å²) in [6, 6.07) is 4.67. The number of nitrogens with zero attached hydrogens (tertiary/aromatic N) is 1. The highest BCUT2D eigenvalue weighted by atomic mass is 14.9. The Morgan fingerprint density at radius 3 is 2.75 bits per heavy atom. The number of pyridine rings is 1. The van der Waals surface area contributed by atoms with Crippen LogP contribution < -0.4 is 5.32 Å². The van der Waals surface area contributed by atoms with Crippen LogP contribution in [0, 0.1) is 12.8 Å². The van der Waals surface area contributed by atoms with Crippen molar-refractivity contribution in [2.75, 3.05) is 0 Å². The molecule has 0 aliphatic carbocycles. The molecule has 1 aromatic rings. The summed E-state index contributed by atoms with van der Waals surface area (Å²) in [7, 11) is 0. The molecule has 0 amide bonds. The number of rotatable bonds is 6. The van der Waals surface area contributed by atoms with Crippen LogP contribution in [0.3, 0.4) is 0 Å². The summed E-state index contributed by atoms with van der Waals surface area (Å²) < 4.78 is 0. The highest BCUT2D eigenvalue weighted by molar-refractivity contribution is 5.17. The Labute approximate surface area is 99.5 Å². The van der Waals surface area contributed by atoms with Crippen molar-refractivity contribution in [3.63, 3.8) is 0 Å². The maximum atomic E-state index is 4.39. The lowest BCUT2D eigenvalue weighted by molar-refractivity contribution is 0.410. The van der Waals surface area contributed by atoms with Crippen molar-refractivity contribution in [1.82, 2.24) is 10.3 Å². The van der Waals surface area contributed by atoms with Gasteiger partial charge in [0.1, 0.15) is 0 Å². The van der Waals surface area contributed by atoms with Gasteiger partial charge < -0.3 is 5.32 Å². The van der Waals surface area contributed by atoms with Crippen LogP contribution >= 0.6 is 0 Å². The Morgan fingerprint density at radius 2 is 2.12 bits per heavy atom. The third-order valence-corrected chi connectivity index (χ3v) is 3.19. The molecule has 2 atom stereocenters. The zero-order chi connectivity index (χ0) is 12.0. The largest absolute Gasteiger partial charge is 0.309 e. The summed E-state index contributed by atoms with van der Waals surface area (Å²) in [5.41, 5.74) is 2.43. The van der Waals surface area contributed by atoms with E-state index >= 15 is 0 Å². The highest BCUT2D eigenvalue weighted by Gasteiger charge is 2.07. The van der Waals surface area contributed by atoms with Gasteiger partial charge in [0.05, 0.1) is 5.69 Å². The third kappa shape index (κ3) is 4.31. The average Bonchev–Trinajstić information content (AvgIpc) is 2.28. The maximum absolute atomic E-state index is 4.39. The van der Waals surface area contributed by atoms with E-state index in [1.807, 2.05) is 12.3 Å². The van der Waals surface area contributed by atoms with Crippen LogP contribution in [-0.4, -0.2) is 11.0 Å². The molecule has 1 aromatic heterocycles. The summed E-state index contributed by atoms with van der Waals surface area (Å²) in [5, 5.41) is 3.54. The molecule has 0 radical (unpaired) electrons. The van der Waals surface area contributed by atoms with E-state index in [1.165, 1.54) is 24.1 Å². The second-order valence-corrected chi connectivity index (χ2v) is 4.80. The van der Waals surface area contributed by atoms with Crippen molar-refractivity contribution in [1.29, 1.82) is 0 Å². The Hall–Kier alpha value is -0.890.